The molecule has 0 saturated carbocycles. The van der Waals surface area contributed by atoms with Gasteiger partial charge < -0.3 is 0 Å². The van der Waals surface area contributed by atoms with Crippen LogP contribution in [0.4, 0.5) is 5.69 Å². The minimum atomic E-state index is -4.16. The molecule has 0 aliphatic heterocycles. The van der Waals surface area contributed by atoms with Crippen molar-refractivity contribution in [3.05, 3.63) is 29.3 Å². The normalized spacial score (nSPS) is 12.5. The van der Waals surface area contributed by atoms with Crippen molar-refractivity contribution >= 4 is 22.1 Å². The standard InChI is InChI=1S/C11H15NO4S/c1-12(2,3)11-6-4-5-9(7-13)10(11)8-17(14,15)16/h4-7H,8H2,1-3H3/p+1. The lowest BCUT2D eigenvalue weighted by molar-refractivity contribution is 0.112. The molecule has 1 rings (SSSR count). The highest BCUT2D eigenvalue weighted by atomic mass is 32.2. The van der Waals surface area contributed by atoms with Gasteiger partial charge in [0.15, 0.2) is 6.29 Å². The summed E-state index contributed by atoms with van der Waals surface area (Å²) in [7, 11) is 1.41. The van der Waals surface area contributed by atoms with Crippen molar-refractivity contribution in [3.8, 4) is 0 Å². The Kier molecular flexibility index (Phi) is 3.71. The summed E-state index contributed by atoms with van der Waals surface area (Å²) in [5.41, 5.74) is 1.32. The van der Waals surface area contributed by atoms with Crippen LogP contribution in [0.5, 0.6) is 0 Å². The summed E-state index contributed by atoms with van der Waals surface area (Å²) in [6, 6.07) is 4.97. The Bertz CT molecular complexity index is 529. The average Bonchev–Trinajstić information content (AvgIpc) is 2.13. The van der Waals surface area contributed by atoms with Gasteiger partial charge in [0.05, 0.1) is 21.1 Å². The van der Waals surface area contributed by atoms with Gasteiger partial charge in [-0.3, -0.25) is 13.8 Å². The predicted octanol–water partition coefficient (Wildman–Crippen LogP) is 1.08. The van der Waals surface area contributed by atoms with Crippen LogP contribution in [0, 0.1) is 0 Å². The quantitative estimate of drug-likeness (QED) is 0.498. The number of quaternary nitrogens is 1. The molecule has 0 fully saturated rings. The second-order valence-corrected chi connectivity index (χ2v) is 6.15. The molecule has 0 atom stereocenters. The molecule has 0 unspecified atom stereocenters. The Morgan fingerprint density at radius 2 is 1.88 bits per heavy atom. The first-order valence-electron chi connectivity index (χ1n) is 4.99. The van der Waals surface area contributed by atoms with Crippen LogP contribution in [-0.4, -0.2) is 40.4 Å². The lowest BCUT2D eigenvalue weighted by Crippen LogP contribution is -2.36. The van der Waals surface area contributed by atoms with Gasteiger partial charge in [-0.05, 0) is 6.07 Å². The number of nitrogens with zero attached hydrogens (tertiary/aromatic N) is 1. The van der Waals surface area contributed by atoms with Crippen molar-refractivity contribution in [2.75, 3.05) is 21.1 Å². The molecule has 94 valence electrons. The Morgan fingerprint density at radius 1 is 1.29 bits per heavy atom. The van der Waals surface area contributed by atoms with E-state index in [4.69, 9.17) is 4.55 Å². The summed E-state index contributed by atoms with van der Waals surface area (Å²) in [6.07, 6.45) is 0.597. The highest BCUT2D eigenvalue weighted by Crippen LogP contribution is 2.26. The Morgan fingerprint density at radius 3 is 2.29 bits per heavy atom. The number of hydrogen-bond acceptors (Lipinski definition) is 3. The molecule has 0 heterocycles. The lowest BCUT2D eigenvalue weighted by Gasteiger charge is -2.26. The molecule has 0 saturated heterocycles. The molecule has 0 amide bonds. The fourth-order valence-corrected chi connectivity index (χ4v) is 2.35. The molecule has 0 spiro atoms. The second kappa shape index (κ2) is 4.56. The fourth-order valence-electron chi connectivity index (χ4n) is 1.67. The molecule has 0 aromatic heterocycles. The summed E-state index contributed by atoms with van der Waals surface area (Å²) in [6.45, 7) is 0. The average molecular weight is 258 g/mol. The maximum absolute atomic E-state index is 11.0. The lowest BCUT2D eigenvalue weighted by atomic mass is 10.1. The summed E-state index contributed by atoms with van der Waals surface area (Å²) < 4.78 is 31.3. The largest absolute Gasteiger partial charge is 0.298 e. The number of benzene rings is 1. The van der Waals surface area contributed by atoms with E-state index >= 15 is 0 Å². The molecule has 17 heavy (non-hydrogen) atoms. The monoisotopic (exact) mass is 258 g/mol. The zero-order valence-electron chi connectivity index (χ0n) is 10.0. The van der Waals surface area contributed by atoms with E-state index < -0.39 is 15.9 Å². The van der Waals surface area contributed by atoms with Crippen molar-refractivity contribution in [3.63, 3.8) is 0 Å². The van der Waals surface area contributed by atoms with E-state index in [1.165, 1.54) is 6.07 Å². The van der Waals surface area contributed by atoms with E-state index in [9.17, 15) is 13.2 Å². The maximum Gasteiger partial charge on any atom is 0.269 e. The molecular weight excluding hydrogens is 242 g/mol. The van der Waals surface area contributed by atoms with Crippen LogP contribution >= 0.6 is 0 Å². The number of hydrogen-bond donors (Lipinski definition) is 1. The van der Waals surface area contributed by atoms with Crippen molar-refractivity contribution in [2.24, 2.45) is 0 Å². The zero-order chi connectivity index (χ0) is 13.3. The van der Waals surface area contributed by atoms with Crippen molar-refractivity contribution in [2.45, 2.75) is 5.75 Å². The van der Waals surface area contributed by atoms with E-state index in [2.05, 4.69) is 0 Å². The van der Waals surface area contributed by atoms with Gasteiger partial charge >= 0.3 is 0 Å². The first-order chi connectivity index (χ1) is 7.65. The topological polar surface area (TPSA) is 71.4 Å². The molecule has 0 bridgehead atoms. The molecule has 0 aliphatic rings. The third-order valence-electron chi connectivity index (χ3n) is 2.36. The minimum Gasteiger partial charge on any atom is -0.298 e. The Balaban J connectivity index is 3.46. The van der Waals surface area contributed by atoms with Gasteiger partial charge in [-0.25, -0.2) is 0 Å². The molecule has 6 heteroatoms. The van der Waals surface area contributed by atoms with Gasteiger partial charge in [0.25, 0.3) is 10.1 Å². The zero-order valence-corrected chi connectivity index (χ0v) is 10.9. The Hall–Kier alpha value is -1.24. The summed E-state index contributed by atoms with van der Waals surface area (Å²) in [4.78, 5) is 10.9. The highest BCUT2D eigenvalue weighted by molar-refractivity contribution is 7.85. The van der Waals surface area contributed by atoms with Crippen molar-refractivity contribution in [1.82, 2.24) is 4.48 Å². The molecule has 0 radical (unpaired) electrons. The van der Waals surface area contributed by atoms with E-state index in [0.29, 0.717) is 22.0 Å². The van der Waals surface area contributed by atoms with Gasteiger partial charge in [-0.15, -0.1) is 0 Å². The van der Waals surface area contributed by atoms with Crippen LogP contribution in [0.2, 0.25) is 0 Å². The second-order valence-electron chi connectivity index (χ2n) is 4.70. The van der Waals surface area contributed by atoms with Crippen LogP contribution in [0.1, 0.15) is 15.9 Å². The first kappa shape index (κ1) is 13.8. The van der Waals surface area contributed by atoms with E-state index in [0.717, 1.165) is 0 Å². The Labute approximate surface area is 101 Å². The number of carbonyl (C=O) groups is 1. The van der Waals surface area contributed by atoms with Crippen LogP contribution in [0.25, 0.3) is 0 Å². The van der Waals surface area contributed by atoms with Gasteiger partial charge in [0.1, 0.15) is 11.4 Å². The molecular formula is C11H16NO4S+. The third kappa shape index (κ3) is 3.62. The molecule has 1 N–H and O–H groups in total. The van der Waals surface area contributed by atoms with E-state index in [-0.39, 0.29) is 5.56 Å². The SMILES string of the molecule is C[N+](C)(C)c1cccc(C=O)c1CS(=O)(=O)O. The summed E-state index contributed by atoms with van der Waals surface area (Å²) >= 11 is 0. The van der Waals surface area contributed by atoms with Gasteiger partial charge in [0, 0.05) is 11.1 Å². The van der Waals surface area contributed by atoms with Gasteiger partial charge in [0.2, 0.25) is 0 Å². The van der Waals surface area contributed by atoms with Crippen molar-refractivity contribution < 1.29 is 17.8 Å². The van der Waals surface area contributed by atoms with Crippen molar-refractivity contribution in [1.29, 1.82) is 0 Å². The van der Waals surface area contributed by atoms with Crippen LogP contribution in [0.3, 0.4) is 0 Å². The third-order valence-corrected chi connectivity index (χ3v) is 3.02. The van der Waals surface area contributed by atoms with E-state index in [1.54, 1.807) is 12.1 Å². The highest BCUT2D eigenvalue weighted by Gasteiger charge is 2.23. The van der Waals surface area contributed by atoms with Gasteiger partial charge in [-0.2, -0.15) is 8.42 Å². The minimum absolute atomic E-state index is 0.285. The smallest absolute Gasteiger partial charge is 0.269 e. The summed E-state index contributed by atoms with van der Waals surface area (Å²) in [5, 5.41) is 0. The number of carbonyl (C=O) groups excluding carboxylic acids is 1. The fraction of sp³-hybridized carbons (Fsp3) is 0.364. The summed E-state index contributed by atoms with van der Waals surface area (Å²) in [5.74, 6) is -0.549. The van der Waals surface area contributed by atoms with Crippen LogP contribution < -0.4 is 4.48 Å². The molecule has 5 nitrogen and oxygen atoms in total. The number of rotatable bonds is 4. The predicted molar refractivity (Wildman–Crippen MR) is 66.6 cm³/mol. The molecule has 1 aromatic carbocycles. The van der Waals surface area contributed by atoms with Crippen LogP contribution in [-0.2, 0) is 15.9 Å². The number of aldehydes is 1. The van der Waals surface area contributed by atoms with E-state index in [1.807, 2.05) is 21.1 Å². The first-order valence-corrected chi connectivity index (χ1v) is 6.60. The van der Waals surface area contributed by atoms with Crippen LogP contribution in [0.15, 0.2) is 18.2 Å². The van der Waals surface area contributed by atoms with Gasteiger partial charge in [-0.1, -0.05) is 12.1 Å². The maximum atomic E-state index is 11.0. The molecule has 0 aliphatic carbocycles. The molecule has 1 aromatic rings.